The zero-order valence-electron chi connectivity index (χ0n) is 16.7. The van der Waals surface area contributed by atoms with E-state index in [1.807, 2.05) is 57.2 Å². The third kappa shape index (κ3) is 5.99. The summed E-state index contributed by atoms with van der Waals surface area (Å²) in [6.07, 6.45) is 0.825. The van der Waals surface area contributed by atoms with Gasteiger partial charge in [-0.3, -0.25) is 0 Å². The van der Waals surface area contributed by atoms with Gasteiger partial charge in [0.05, 0.1) is 0 Å². The molecule has 0 spiro atoms. The highest BCUT2D eigenvalue weighted by Gasteiger charge is 2.15. The molecular weight excluding hydrogens is 406 g/mol. The Balaban J connectivity index is 1.56. The van der Waals surface area contributed by atoms with Gasteiger partial charge in [0.2, 0.25) is 16.0 Å². The van der Waals surface area contributed by atoms with Crippen LogP contribution in [0.3, 0.4) is 0 Å². The fourth-order valence-electron chi connectivity index (χ4n) is 2.62. The summed E-state index contributed by atoms with van der Waals surface area (Å²) in [4.78, 5) is 9.85. The van der Waals surface area contributed by atoms with E-state index >= 15 is 0 Å². The molecule has 0 unspecified atom stereocenters. The molecule has 154 valence electrons. The van der Waals surface area contributed by atoms with Gasteiger partial charge in [0, 0.05) is 35.4 Å². The zero-order chi connectivity index (χ0) is 20.9. The first-order valence-corrected chi connectivity index (χ1v) is 11.7. The maximum atomic E-state index is 12.3. The summed E-state index contributed by atoms with van der Waals surface area (Å²) in [5.41, 5.74) is 2.94. The molecule has 1 aromatic carbocycles. The van der Waals surface area contributed by atoms with Crippen molar-refractivity contribution in [3.63, 3.8) is 0 Å². The van der Waals surface area contributed by atoms with Gasteiger partial charge in [-0.15, -0.1) is 11.3 Å². The average Bonchev–Trinajstić information content (AvgIpc) is 3.17. The molecule has 2 heterocycles. The molecule has 0 fully saturated rings. The van der Waals surface area contributed by atoms with Gasteiger partial charge < -0.3 is 10.6 Å². The molecule has 3 aromatic rings. The number of benzene rings is 1. The summed E-state index contributed by atoms with van der Waals surface area (Å²) in [6.45, 7) is 6.54. The van der Waals surface area contributed by atoms with E-state index in [0.717, 1.165) is 22.7 Å². The smallest absolute Gasteiger partial charge is 0.250 e. The number of sulfonamides is 1. The molecule has 7 nitrogen and oxygen atoms in total. The first-order chi connectivity index (χ1) is 13.9. The van der Waals surface area contributed by atoms with Crippen molar-refractivity contribution in [2.24, 2.45) is 0 Å². The standard InChI is InChI=1S/C20H25N5O2S2/c1-4-17-9-10-19(28-17)29(26,27)22-12-11-21-20-23-15(3)13-18(25-20)24-16-7-5-14(2)6-8-16/h5-10,13,22H,4,11-12H2,1-3H3,(H2,21,23,24,25). The van der Waals surface area contributed by atoms with E-state index in [2.05, 4.69) is 25.3 Å². The molecule has 0 saturated carbocycles. The minimum Gasteiger partial charge on any atom is -0.353 e. The van der Waals surface area contributed by atoms with E-state index in [-0.39, 0.29) is 6.54 Å². The van der Waals surface area contributed by atoms with Crippen LogP contribution < -0.4 is 15.4 Å². The topological polar surface area (TPSA) is 96.0 Å². The summed E-state index contributed by atoms with van der Waals surface area (Å²) < 4.78 is 27.6. The normalized spacial score (nSPS) is 11.4. The second-order valence-corrected chi connectivity index (χ2v) is 9.77. The summed E-state index contributed by atoms with van der Waals surface area (Å²) in [5.74, 6) is 1.12. The number of aromatic nitrogens is 2. The first-order valence-electron chi connectivity index (χ1n) is 9.37. The van der Waals surface area contributed by atoms with E-state index < -0.39 is 10.0 Å². The van der Waals surface area contributed by atoms with Crippen molar-refractivity contribution in [2.75, 3.05) is 23.7 Å². The molecule has 0 aliphatic heterocycles. The molecular formula is C20H25N5O2S2. The Morgan fingerprint density at radius 1 is 1.00 bits per heavy atom. The minimum atomic E-state index is -3.49. The number of thiophene rings is 1. The largest absolute Gasteiger partial charge is 0.353 e. The van der Waals surface area contributed by atoms with E-state index in [9.17, 15) is 8.42 Å². The van der Waals surface area contributed by atoms with Crippen molar-refractivity contribution in [2.45, 2.75) is 31.4 Å². The van der Waals surface area contributed by atoms with Crippen LogP contribution in [0.15, 0.2) is 46.7 Å². The summed E-state index contributed by atoms with van der Waals surface area (Å²) in [5, 5.41) is 6.33. The average molecular weight is 432 g/mol. The van der Waals surface area contributed by atoms with Gasteiger partial charge in [0.25, 0.3) is 0 Å². The van der Waals surface area contributed by atoms with Gasteiger partial charge in [0.1, 0.15) is 10.0 Å². The zero-order valence-corrected chi connectivity index (χ0v) is 18.3. The fourth-order valence-corrected chi connectivity index (χ4v) is 4.99. The van der Waals surface area contributed by atoms with Gasteiger partial charge in [0.15, 0.2) is 0 Å². The van der Waals surface area contributed by atoms with E-state index in [0.29, 0.717) is 22.5 Å². The predicted octanol–water partition coefficient (Wildman–Crippen LogP) is 3.85. The lowest BCUT2D eigenvalue weighted by atomic mass is 10.2. The van der Waals surface area contributed by atoms with Crippen LogP contribution in [0.1, 0.15) is 23.1 Å². The molecule has 0 atom stereocenters. The number of rotatable bonds is 9. The third-order valence-corrected chi connectivity index (χ3v) is 7.31. The van der Waals surface area contributed by atoms with Gasteiger partial charge in [-0.2, -0.15) is 4.98 Å². The maximum absolute atomic E-state index is 12.3. The van der Waals surface area contributed by atoms with Crippen LogP contribution in [-0.4, -0.2) is 31.5 Å². The second kappa shape index (κ2) is 9.34. The summed E-state index contributed by atoms with van der Waals surface area (Å²) in [7, 11) is -3.49. The predicted molar refractivity (Wildman–Crippen MR) is 119 cm³/mol. The summed E-state index contributed by atoms with van der Waals surface area (Å²) in [6, 6.07) is 13.4. The molecule has 0 radical (unpaired) electrons. The monoisotopic (exact) mass is 431 g/mol. The van der Waals surface area contributed by atoms with Crippen molar-refractivity contribution < 1.29 is 8.42 Å². The van der Waals surface area contributed by atoms with Crippen LogP contribution in [0.2, 0.25) is 0 Å². The Kier molecular flexibility index (Phi) is 6.83. The van der Waals surface area contributed by atoms with Crippen LogP contribution >= 0.6 is 11.3 Å². The van der Waals surface area contributed by atoms with Gasteiger partial charge in [-0.1, -0.05) is 24.6 Å². The molecule has 0 aliphatic carbocycles. The maximum Gasteiger partial charge on any atom is 0.250 e. The number of hydrogen-bond acceptors (Lipinski definition) is 7. The quantitative estimate of drug-likeness (QED) is 0.445. The Bertz CT molecular complexity index is 1060. The van der Waals surface area contributed by atoms with Crippen LogP contribution in [0.5, 0.6) is 0 Å². The van der Waals surface area contributed by atoms with Crippen molar-refractivity contribution in [3.8, 4) is 0 Å². The highest BCUT2D eigenvalue weighted by atomic mass is 32.2. The highest BCUT2D eigenvalue weighted by Crippen LogP contribution is 2.21. The number of nitrogens with zero attached hydrogens (tertiary/aromatic N) is 2. The first kappa shape index (κ1) is 21.2. The molecule has 0 amide bonds. The van der Waals surface area contributed by atoms with Crippen LogP contribution in [0.25, 0.3) is 0 Å². The lowest BCUT2D eigenvalue weighted by Crippen LogP contribution is -2.28. The lowest BCUT2D eigenvalue weighted by molar-refractivity contribution is 0.585. The van der Waals surface area contributed by atoms with Gasteiger partial charge in [-0.05, 0) is 44.5 Å². The Morgan fingerprint density at radius 2 is 1.76 bits per heavy atom. The second-order valence-electron chi connectivity index (χ2n) is 6.61. The molecule has 3 rings (SSSR count). The number of aryl methyl sites for hydroxylation is 3. The number of nitrogens with one attached hydrogen (secondary N) is 3. The molecule has 0 aliphatic rings. The van der Waals surface area contributed by atoms with E-state index in [1.165, 1.54) is 16.9 Å². The van der Waals surface area contributed by atoms with Crippen molar-refractivity contribution >= 4 is 38.8 Å². The van der Waals surface area contributed by atoms with Gasteiger partial charge in [-0.25, -0.2) is 18.1 Å². The van der Waals surface area contributed by atoms with Crippen molar-refractivity contribution in [3.05, 3.63) is 58.6 Å². The van der Waals surface area contributed by atoms with Gasteiger partial charge >= 0.3 is 0 Å². The summed E-state index contributed by atoms with van der Waals surface area (Å²) >= 11 is 1.30. The number of anilines is 3. The van der Waals surface area contributed by atoms with Crippen LogP contribution in [0, 0.1) is 13.8 Å². The van der Waals surface area contributed by atoms with Crippen molar-refractivity contribution in [1.82, 2.24) is 14.7 Å². The molecule has 0 saturated heterocycles. The highest BCUT2D eigenvalue weighted by molar-refractivity contribution is 7.91. The lowest BCUT2D eigenvalue weighted by Gasteiger charge is -2.10. The fraction of sp³-hybridized carbons (Fsp3) is 0.300. The number of hydrogen-bond donors (Lipinski definition) is 3. The Hall–Kier alpha value is -2.49. The third-order valence-electron chi connectivity index (χ3n) is 4.13. The molecule has 3 N–H and O–H groups in total. The molecule has 29 heavy (non-hydrogen) atoms. The molecule has 9 heteroatoms. The SMILES string of the molecule is CCc1ccc(S(=O)(=O)NCCNc2nc(C)cc(Nc3ccc(C)cc3)n2)s1. The minimum absolute atomic E-state index is 0.236. The Morgan fingerprint density at radius 3 is 2.45 bits per heavy atom. The van der Waals surface area contributed by atoms with Crippen LogP contribution in [0.4, 0.5) is 17.5 Å². The van der Waals surface area contributed by atoms with E-state index in [4.69, 9.17) is 0 Å². The molecule has 2 aromatic heterocycles. The molecule has 0 bridgehead atoms. The van der Waals surface area contributed by atoms with Crippen LogP contribution in [-0.2, 0) is 16.4 Å². The van der Waals surface area contributed by atoms with E-state index in [1.54, 1.807) is 6.07 Å². The van der Waals surface area contributed by atoms with Crippen molar-refractivity contribution in [1.29, 1.82) is 0 Å². The Labute approximate surface area is 175 Å².